The average molecular weight is 440 g/mol. The van der Waals surface area contributed by atoms with Crippen molar-refractivity contribution >= 4 is 18.5 Å². The van der Waals surface area contributed by atoms with E-state index in [0.29, 0.717) is 5.41 Å². The molecule has 0 N–H and O–H groups in total. The van der Waals surface area contributed by atoms with Gasteiger partial charge in [-0.05, 0) is 0 Å². The van der Waals surface area contributed by atoms with Crippen LogP contribution in [0.1, 0.15) is 92.9 Å². The molecule has 8 unspecified atom stereocenters. The quantitative estimate of drug-likeness (QED) is 0.320. The van der Waals surface area contributed by atoms with Crippen LogP contribution in [-0.2, 0) is 0 Å². The summed E-state index contributed by atoms with van der Waals surface area (Å²) >= 11 is 2.10. The predicted octanol–water partition coefficient (Wildman–Crippen LogP) is 7.72. The first-order valence-electron chi connectivity index (χ1n) is 13.0. The molecule has 0 aromatic carbocycles. The Morgan fingerprint density at radius 1 is 1.17 bits per heavy atom. The molecule has 3 saturated heterocycles. The van der Waals surface area contributed by atoms with Crippen molar-refractivity contribution in [1.29, 1.82) is 0 Å². The zero-order valence-corrected chi connectivity index (χ0v) is 22.5. The number of nitrogens with zero attached hydrogens (tertiary/aromatic N) is 1. The summed E-state index contributed by atoms with van der Waals surface area (Å²) in [4.78, 5) is 0. The van der Waals surface area contributed by atoms with Gasteiger partial charge in [-0.3, -0.25) is 0 Å². The van der Waals surface area contributed by atoms with Gasteiger partial charge in [-0.2, -0.15) is 0 Å². The minimum atomic E-state index is -1.62. The van der Waals surface area contributed by atoms with Gasteiger partial charge in [-0.1, -0.05) is 0 Å². The number of rotatable bonds is 10. The van der Waals surface area contributed by atoms with Crippen molar-refractivity contribution in [2.75, 3.05) is 25.2 Å². The fourth-order valence-corrected chi connectivity index (χ4v) is 22.6. The summed E-state index contributed by atoms with van der Waals surface area (Å²) in [6.07, 6.45) is 15.7. The fourth-order valence-electron chi connectivity index (χ4n) is 10.3. The normalized spacial score (nSPS) is 49.1. The van der Waals surface area contributed by atoms with E-state index in [1.165, 1.54) is 44.3 Å². The van der Waals surface area contributed by atoms with Gasteiger partial charge in [0.25, 0.3) is 0 Å². The van der Waals surface area contributed by atoms with E-state index in [0.717, 1.165) is 40.3 Å². The minimum absolute atomic E-state index is 0.624. The van der Waals surface area contributed by atoms with E-state index < -0.39 is 6.75 Å². The maximum atomic E-state index is 3.09. The molecule has 1 saturated carbocycles. The predicted molar refractivity (Wildman–Crippen MR) is 136 cm³/mol. The molecule has 1 aliphatic carbocycles. The summed E-state index contributed by atoms with van der Waals surface area (Å²) in [6, 6.07) is 0.871. The van der Waals surface area contributed by atoms with Crippen molar-refractivity contribution in [3.63, 3.8) is 0 Å². The molecule has 0 aromatic rings. The first kappa shape index (κ1) is 22.9. The Morgan fingerprint density at radius 2 is 1.86 bits per heavy atom. The molecule has 8 atom stereocenters. The molecule has 0 bridgehead atoms. The van der Waals surface area contributed by atoms with Gasteiger partial charge in [0.05, 0.1) is 0 Å². The molecule has 3 heterocycles. The molecule has 1 nitrogen and oxygen atoms in total. The Bertz CT molecular complexity index is 640. The van der Waals surface area contributed by atoms with Crippen LogP contribution >= 0.6 is 18.5 Å². The third-order valence-corrected chi connectivity index (χ3v) is 21.9. The molecule has 0 amide bonds. The topological polar surface area (TPSA) is 3.24 Å². The van der Waals surface area contributed by atoms with Crippen LogP contribution < -0.4 is 0 Å². The van der Waals surface area contributed by atoms with E-state index in [1.54, 1.807) is 19.0 Å². The summed E-state index contributed by atoms with van der Waals surface area (Å²) in [5.41, 5.74) is 2.71. The SMILES string of the molecule is CCCC(CC)CC1(C)C(CCC)CC1C12CC(CSC)N(C)P13(CC3C)C2C. The second kappa shape index (κ2) is 7.38. The van der Waals surface area contributed by atoms with Crippen molar-refractivity contribution in [3.05, 3.63) is 0 Å². The Balaban J connectivity index is 1.67. The van der Waals surface area contributed by atoms with Crippen LogP contribution in [0.25, 0.3) is 0 Å². The van der Waals surface area contributed by atoms with Crippen molar-refractivity contribution in [2.24, 2.45) is 23.2 Å². The third-order valence-electron chi connectivity index (χ3n) is 11.7. The van der Waals surface area contributed by atoms with E-state index in [2.05, 4.69) is 71.3 Å². The zero-order chi connectivity index (χ0) is 21.3. The van der Waals surface area contributed by atoms with Gasteiger partial charge in [0.2, 0.25) is 0 Å². The van der Waals surface area contributed by atoms with Crippen LogP contribution in [-0.4, -0.2) is 52.4 Å². The monoisotopic (exact) mass is 439 g/mol. The Labute approximate surface area is 186 Å². The van der Waals surface area contributed by atoms with Crippen LogP contribution in [0.3, 0.4) is 0 Å². The molecule has 29 heavy (non-hydrogen) atoms. The van der Waals surface area contributed by atoms with Crippen molar-refractivity contribution < 1.29 is 0 Å². The van der Waals surface area contributed by atoms with E-state index >= 15 is 0 Å². The number of hydrogen-bond donors (Lipinski definition) is 0. The molecule has 4 fully saturated rings. The first-order chi connectivity index (χ1) is 13.7. The Hall–Kier alpha value is 0.740. The van der Waals surface area contributed by atoms with Crippen molar-refractivity contribution in [3.8, 4) is 0 Å². The molecule has 4 rings (SSSR count). The molecule has 170 valence electrons. The van der Waals surface area contributed by atoms with Gasteiger partial charge in [0.15, 0.2) is 0 Å². The summed E-state index contributed by atoms with van der Waals surface area (Å²) in [5, 5.41) is 0.754. The van der Waals surface area contributed by atoms with E-state index in [4.69, 9.17) is 0 Å². The Kier molecular flexibility index (Phi) is 5.83. The van der Waals surface area contributed by atoms with Crippen LogP contribution in [0.4, 0.5) is 0 Å². The van der Waals surface area contributed by atoms with Crippen LogP contribution in [0.2, 0.25) is 0 Å². The molecule has 3 aliphatic heterocycles. The summed E-state index contributed by atoms with van der Waals surface area (Å²) in [6.45, 7) is 13.8. The molecule has 0 aromatic heterocycles. The van der Waals surface area contributed by atoms with Gasteiger partial charge < -0.3 is 0 Å². The van der Waals surface area contributed by atoms with E-state index in [1.807, 2.05) is 0 Å². The average Bonchev–Trinajstić information content (AvgIpc) is 3.44. The van der Waals surface area contributed by atoms with E-state index in [-0.39, 0.29) is 0 Å². The molecule has 4 aliphatic rings. The van der Waals surface area contributed by atoms with Crippen LogP contribution in [0, 0.1) is 23.2 Å². The molecule has 0 radical (unpaired) electrons. The van der Waals surface area contributed by atoms with Gasteiger partial charge >= 0.3 is 187 Å². The molecule has 1 spiro atoms. The fraction of sp³-hybridized carbons (Fsp3) is 1.00. The summed E-state index contributed by atoms with van der Waals surface area (Å²) < 4.78 is 3.09. The van der Waals surface area contributed by atoms with Crippen molar-refractivity contribution in [2.45, 2.75) is 115 Å². The molecule has 3 heteroatoms. The standard InChI is InChI=1S/C26H50NPS/c1-9-12-21(11-3)15-25(6)22(13-10-2)14-24(25)26-16-23(18-29-8)27(7)28(26,20(26)5)17-19(28)4/h19-24H,9-18H2,1-8H3. The van der Waals surface area contributed by atoms with E-state index in [9.17, 15) is 0 Å². The van der Waals surface area contributed by atoms with Gasteiger partial charge in [-0.25, -0.2) is 0 Å². The molecular formula is C26H50NPS. The van der Waals surface area contributed by atoms with Gasteiger partial charge in [-0.15, -0.1) is 0 Å². The second-order valence-corrected chi connectivity index (χ2v) is 19.2. The third kappa shape index (κ3) is 2.44. The molecular weight excluding hydrogens is 389 g/mol. The summed E-state index contributed by atoms with van der Waals surface area (Å²) in [7, 11) is 2.58. The van der Waals surface area contributed by atoms with Crippen LogP contribution in [0.15, 0.2) is 0 Å². The summed E-state index contributed by atoms with van der Waals surface area (Å²) in [5.74, 6) is 4.36. The number of hydrogen-bond acceptors (Lipinski definition) is 2. The van der Waals surface area contributed by atoms with Gasteiger partial charge in [0.1, 0.15) is 0 Å². The van der Waals surface area contributed by atoms with Crippen molar-refractivity contribution in [1.82, 2.24) is 4.67 Å². The second-order valence-electron chi connectivity index (χ2n) is 12.0. The van der Waals surface area contributed by atoms with Gasteiger partial charge in [0, 0.05) is 0 Å². The zero-order valence-electron chi connectivity index (χ0n) is 20.8. The first-order valence-corrected chi connectivity index (χ1v) is 16.9. The Morgan fingerprint density at radius 3 is 2.38 bits per heavy atom. The van der Waals surface area contributed by atoms with Crippen LogP contribution in [0.5, 0.6) is 0 Å². The maximum absolute atomic E-state index is 3.09. The number of thioether (sulfide) groups is 1.